The normalized spacial score (nSPS) is 13.7. The predicted octanol–water partition coefficient (Wildman–Crippen LogP) is 4.19. The van der Waals surface area contributed by atoms with Gasteiger partial charge in [0.05, 0.1) is 31.0 Å². The fourth-order valence-corrected chi connectivity index (χ4v) is 6.21. The number of methoxy groups -OCH3 is 2. The van der Waals surface area contributed by atoms with E-state index in [4.69, 9.17) is 14.2 Å². The second-order valence-electron chi connectivity index (χ2n) is 10.4. The Morgan fingerprint density at radius 1 is 0.909 bits per heavy atom. The second-order valence-corrected chi connectivity index (χ2v) is 12.3. The van der Waals surface area contributed by atoms with Crippen LogP contribution in [0.15, 0.2) is 76.7 Å². The highest BCUT2D eigenvalue weighted by molar-refractivity contribution is 7.92. The van der Waals surface area contributed by atoms with Gasteiger partial charge in [-0.3, -0.25) is 13.9 Å². The van der Waals surface area contributed by atoms with Gasteiger partial charge in [-0.2, -0.15) is 5.10 Å². The molecule has 0 radical (unpaired) electrons. The zero-order chi connectivity index (χ0) is 31.5. The third-order valence-electron chi connectivity index (χ3n) is 7.17. The molecule has 0 aromatic heterocycles. The first kappa shape index (κ1) is 32.3. The molecule has 0 bridgehead atoms. The van der Waals surface area contributed by atoms with E-state index in [2.05, 4.69) is 15.8 Å². The minimum atomic E-state index is -4.13. The average molecular weight is 623 g/mol. The van der Waals surface area contributed by atoms with Crippen LogP contribution in [0.25, 0.3) is 0 Å². The summed E-state index contributed by atoms with van der Waals surface area (Å²) in [6.07, 6.45) is 6.93. The first-order valence-electron chi connectivity index (χ1n) is 14.3. The molecule has 44 heavy (non-hydrogen) atoms. The van der Waals surface area contributed by atoms with Crippen molar-refractivity contribution in [2.45, 2.75) is 50.0 Å². The third-order valence-corrected chi connectivity index (χ3v) is 8.96. The Labute approximate surface area is 258 Å². The highest BCUT2D eigenvalue weighted by Crippen LogP contribution is 2.33. The maximum Gasteiger partial charge on any atom is 0.264 e. The number of rotatable bonds is 13. The molecule has 3 aromatic rings. The van der Waals surface area contributed by atoms with Crippen LogP contribution in [-0.4, -0.2) is 59.9 Å². The lowest BCUT2D eigenvalue weighted by molar-refractivity contribution is -0.124. The van der Waals surface area contributed by atoms with Crippen molar-refractivity contribution >= 4 is 33.7 Å². The van der Waals surface area contributed by atoms with E-state index >= 15 is 0 Å². The molecule has 0 unspecified atom stereocenters. The van der Waals surface area contributed by atoms with Crippen molar-refractivity contribution in [1.29, 1.82) is 0 Å². The molecule has 0 saturated heterocycles. The predicted molar refractivity (Wildman–Crippen MR) is 168 cm³/mol. The molecule has 4 rings (SSSR count). The van der Waals surface area contributed by atoms with Crippen LogP contribution in [0.5, 0.6) is 17.2 Å². The Hall–Kier alpha value is -4.58. The maximum atomic E-state index is 13.7. The molecule has 11 nitrogen and oxygen atoms in total. The first-order chi connectivity index (χ1) is 21.2. The monoisotopic (exact) mass is 622 g/mol. The lowest BCUT2D eigenvalue weighted by Crippen LogP contribution is -2.39. The summed E-state index contributed by atoms with van der Waals surface area (Å²) in [4.78, 5) is 25.1. The molecule has 0 spiro atoms. The number of carbonyl (C=O) groups excluding carboxylic acids is 2. The molecule has 2 amide bonds. The van der Waals surface area contributed by atoms with Crippen molar-refractivity contribution in [1.82, 2.24) is 10.7 Å². The van der Waals surface area contributed by atoms with Crippen molar-refractivity contribution in [3.8, 4) is 17.2 Å². The molecule has 1 aliphatic rings. The standard InChI is InChI=1S/C32H38N4O7S/c1-23-9-16-28(17-10-23)44(39,40)36(26-13-18-29(41-2)30(19-26)42-3)21-31(37)35-33-20-24-11-14-27(15-12-24)43-22-32(38)34-25-7-5-4-6-8-25/h9-20,25H,4-8,21-22H2,1-3H3,(H,34,38)(H,35,37)/b33-20-. The molecular weight excluding hydrogens is 584 g/mol. The second kappa shape index (κ2) is 15.2. The Bertz CT molecular complexity index is 1550. The number of aryl methyl sites for hydroxylation is 1. The molecule has 1 fully saturated rings. The number of amides is 2. The molecule has 0 atom stereocenters. The third kappa shape index (κ3) is 8.73. The highest BCUT2D eigenvalue weighted by atomic mass is 32.2. The van der Waals surface area contributed by atoms with Gasteiger partial charge in [-0.25, -0.2) is 13.8 Å². The number of hydrogen-bond acceptors (Lipinski definition) is 8. The number of carbonyl (C=O) groups is 2. The van der Waals surface area contributed by atoms with Gasteiger partial charge in [0, 0.05) is 12.1 Å². The number of nitrogens with zero attached hydrogens (tertiary/aromatic N) is 2. The first-order valence-corrected chi connectivity index (χ1v) is 15.8. The fourth-order valence-electron chi connectivity index (χ4n) is 4.79. The number of benzene rings is 3. The van der Waals surface area contributed by atoms with Gasteiger partial charge in [-0.15, -0.1) is 0 Å². The number of hydrazone groups is 1. The smallest absolute Gasteiger partial charge is 0.264 e. The van der Waals surface area contributed by atoms with E-state index in [1.165, 1.54) is 51.1 Å². The van der Waals surface area contributed by atoms with E-state index in [1.807, 2.05) is 6.92 Å². The molecular formula is C32H38N4O7S. The van der Waals surface area contributed by atoms with Crippen LogP contribution in [0.3, 0.4) is 0 Å². The van der Waals surface area contributed by atoms with Gasteiger partial charge in [0.25, 0.3) is 21.8 Å². The van der Waals surface area contributed by atoms with E-state index < -0.39 is 22.5 Å². The summed E-state index contributed by atoms with van der Waals surface area (Å²) in [5.74, 6) is 0.450. The Morgan fingerprint density at radius 2 is 1.59 bits per heavy atom. The molecule has 12 heteroatoms. The minimum Gasteiger partial charge on any atom is -0.493 e. The molecule has 0 aliphatic heterocycles. The van der Waals surface area contributed by atoms with Crippen LogP contribution in [0.4, 0.5) is 5.69 Å². The van der Waals surface area contributed by atoms with Crippen molar-refractivity contribution in [2.75, 3.05) is 31.7 Å². The number of hydrogen-bond donors (Lipinski definition) is 2. The van der Waals surface area contributed by atoms with Gasteiger partial charge in [-0.05, 0) is 73.9 Å². The Morgan fingerprint density at radius 3 is 2.25 bits per heavy atom. The van der Waals surface area contributed by atoms with E-state index in [0.29, 0.717) is 22.8 Å². The summed E-state index contributed by atoms with van der Waals surface area (Å²) in [6, 6.07) is 18.0. The van der Waals surface area contributed by atoms with E-state index in [1.54, 1.807) is 42.5 Å². The molecule has 1 aliphatic carbocycles. The summed E-state index contributed by atoms with van der Waals surface area (Å²) < 4.78 is 44.5. The lowest BCUT2D eigenvalue weighted by Gasteiger charge is -2.24. The SMILES string of the molecule is COc1ccc(N(CC(=O)N/N=C\c2ccc(OCC(=O)NC3CCCCC3)cc2)S(=O)(=O)c2ccc(C)cc2)cc1OC. The Kier molecular flexibility index (Phi) is 11.2. The van der Waals surface area contributed by atoms with Crippen LogP contribution in [0.1, 0.15) is 43.2 Å². The minimum absolute atomic E-state index is 0.0305. The van der Waals surface area contributed by atoms with Gasteiger partial charge in [0.1, 0.15) is 12.3 Å². The number of nitrogens with one attached hydrogen (secondary N) is 2. The largest absolute Gasteiger partial charge is 0.493 e. The van der Waals surface area contributed by atoms with Crippen molar-refractivity contribution < 1.29 is 32.2 Å². The molecule has 1 saturated carbocycles. The van der Waals surface area contributed by atoms with E-state index in [0.717, 1.165) is 35.6 Å². The van der Waals surface area contributed by atoms with E-state index in [-0.39, 0.29) is 29.1 Å². The van der Waals surface area contributed by atoms with Gasteiger partial charge < -0.3 is 19.5 Å². The van der Waals surface area contributed by atoms with Crippen LogP contribution >= 0.6 is 0 Å². The topological polar surface area (TPSA) is 136 Å². The van der Waals surface area contributed by atoms with Gasteiger partial charge in [-0.1, -0.05) is 37.0 Å². The summed E-state index contributed by atoms with van der Waals surface area (Å²) in [5.41, 5.74) is 4.16. The van der Waals surface area contributed by atoms with Crippen molar-refractivity contribution in [3.63, 3.8) is 0 Å². The van der Waals surface area contributed by atoms with Crippen LogP contribution in [-0.2, 0) is 19.6 Å². The fraction of sp³-hybridized carbons (Fsp3) is 0.344. The van der Waals surface area contributed by atoms with E-state index in [9.17, 15) is 18.0 Å². The Balaban J connectivity index is 1.39. The summed E-state index contributed by atoms with van der Waals surface area (Å²) in [5, 5.41) is 7.00. The lowest BCUT2D eigenvalue weighted by atomic mass is 9.95. The zero-order valence-corrected chi connectivity index (χ0v) is 25.9. The summed E-state index contributed by atoms with van der Waals surface area (Å²) in [7, 11) is -1.22. The zero-order valence-electron chi connectivity index (χ0n) is 25.1. The van der Waals surface area contributed by atoms with Gasteiger partial charge >= 0.3 is 0 Å². The molecule has 3 aromatic carbocycles. The maximum absolute atomic E-state index is 13.7. The average Bonchev–Trinajstić information content (AvgIpc) is 3.03. The quantitative estimate of drug-likeness (QED) is 0.216. The summed E-state index contributed by atoms with van der Waals surface area (Å²) >= 11 is 0. The van der Waals surface area contributed by atoms with Gasteiger partial charge in [0.15, 0.2) is 18.1 Å². The van der Waals surface area contributed by atoms with Crippen LogP contribution < -0.4 is 29.3 Å². The molecule has 2 N–H and O–H groups in total. The summed E-state index contributed by atoms with van der Waals surface area (Å²) in [6.45, 7) is 1.24. The van der Waals surface area contributed by atoms with Crippen molar-refractivity contribution in [2.24, 2.45) is 5.10 Å². The van der Waals surface area contributed by atoms with Gasteiger partial charge in [0.2, 0.25) is 0 Å². The van der Waals surface area contributed by atoms with Crippen LogP contribution in [0.2, 0.25) is 0 Å². The highest BCUT2D eigenvalue weighted by Gasteiger charge is 2.28. The molecule has 234 valence electrons. The molecule has 0 heterocycles. The van der Waals surface area contributed by atoms with Crippen LogP contribution in [0, 0.1) is 6.92 Å². The number of anilines is 1. The number of ether oxygens (including phenoxy) is 3. The number of sulfonamides is 1. The van der Waals surface area contributed by atoms with Crippen molar-refractivity contribution in [3.05, 3.63) is 77.9 Å².